The molecule has 11 heavy (non-hydrogen) atoms. The molecule has 0 saturated heterocycles. The molecule has 3 nitrogen and oxygen atoms in total. The van der Waals surface area contributed by atoms with Gasteiger partial charge in [0.2, 0.25) is 0 Å². The summed E-state index contributed by atoms with van der Waals surface area (Å²) in [6, 6.07) is 0. The molecule has 3 heteroatoms. The van der Waals surface area contributed by atoms with Gasteiger partial charge < -0.3 is 16.4 Å². The first-order valence-corrected chi connectivity index (χ1v) is 3.73. The second-order valence-corrected chi connectivity index (χ2v) is 2.35. The van der Waals surface area contributed by atoms with Crippen molar-refractivity contribution in [3.8, 4) is 0 Å². The second kappa shape index (κ2) is 16.5. The van der Waals surface area contributed by atoms with Crippen LogP contribution in [-0.2, 0) is 0 Å². The fourth-order valence-electron chi connectivity index (χ4n) is 0.408. The minimum absolute atomic E-state index is 0. The number of nitrogens with zero attached hydrogens (tertiary/aromatic N) is 1. The lowest BCUT2D eigenvalue weighted by Gasteiger charge is -2.05. The Labute approximate surface area is 71.7 Å². The minimum Gasteiger partial charge on any atom is -0.331 e. The predicted octanol–water partition coefficient (Wildman–Crippen LogP) is 0.498. The zero-order chi connectivity index (χ0) is 8.41. The fourth-order valence-corrected chi connectivity index (χ4v) is 0.408. The lowest BCUT2D eigenvalue weighted by atomic mass is 10.4. The number of nitrogens with two attached hydrogens (primary N) is 2. The normalized spacial score (nSPS) is 8.18. The molecule has 0 saturated carbocycles. The zero-order valence-corrected chi connectivity index (χ0v) is 7.43. The Morgan fingerprint density at radius 2 is 1.55 bits per heavy atom. The van der Waals surface area contributed by atoms with E-state index in [1.54, 1.807) is 0 Å². The van der Waals surface area contributed by atoms with Gasteiger partial charge in [0, 0.05) is 0 Å². The van der Waals surface area contributed by atoms with Crippen molar-refractivity contribution < 1.29 is 0 Å². The second-order valence-electron chi connectivity index (χ2n) is 2.35. The van der Waals surface area contributed by atoms with Crippen molar-refractivity contribution in [3.63, 3.8) is 0 Å². The van der Waals surface area contributed by atoms with Gasteiger partial charge in [-0.05, 0) is 40.2 Å². The van der Waals surface area contributed by atoms with Gasteiger partial charge in [0.15, 0.2) is 0 Å². The van der Waals surface area contributed by atoms with Gasteiger partial charge in [-0.25, -0.2) is 0 Å². The minimum atomic E-state index is 0. The molecule has 0 amide bonds. The van der Waals surface area contributed by atoms with E-state index in [0.29, 0.717) is 0 Å². The molecule has 0 atom stereocenters. The van der Waals surface area contributed by atoms with Crippen LogP contribution in [0, 0.1) is 0 Å². The van der Waals surface area contributed by atoms with Crippen LogP contribution in [-0.4, -0.2) is 38.6 Å². The highest BCUT2D eigenvalue weighted by molar-refractivity contribution is 4.42. The molecular formula is C8H25N3. The van der Waals surface area contributed by atoms with Crippen LogP contribution in [0.25, 0.3) is 0 Å². The third-order valence-corrected chi connectivity index (χ3v) is 0.809. The van der Waals surface area contributed by atoms with E-state index in [9.17, 15) is 0 Å². The van der Waals surface area contributed by atoms with Gasteiger partial charge in [-0.1, -0.05) is 14.4 Å². The van der Waals surface area contributed by atoms with Crippen LogP contribution in [0.15, 0.2) is 0 Å². The molecule has 0 aliphatic rings. The van der Waals surface area contributed by atoms with Gasteiger partial charge >= 0.3 is 0 Å². The monoisotopic (exact) mass is 163 g/mol. The van der Waals surface area contributed by atoms with Gasteiger partial charge in [-0.15, -0.1) is 0 Å². The summed E-state index contributed by atoms with van der Waals surface area (Å²) < 4.78 is 0. The molecule has 0 aromatic rings. The Morgan fingerprint density at radius 3 is 1.64 bits per heavy atom. The maximum atomic E-state index is 5.25. The Morgan fingerprint density at radius 1 is 1.18 bits per heavy atom. The zero-order valence-electron chi connectivity index (χ0n) is 7.43. The molecule has 0 unspecified atom stereocenters. The highest BCUT2D eigenvalue weighted by Crippen LogP contribution is 1.76. The summed E-state index contributed by atoms with van der Waals surface area (Å²) in [6.07, 6.45) is 1.10. The molecule has 0 spiro atoms. The average Bonchev–Trinajstić information content (AvgIpc) is 1.85. The molecule has 0 rings (SSSR count). The van der Waals surface area contributed by atoms with Crippen molar-refractivity contribution in [2.24, 2.45) is 11.5 Å². The van der Waals surface area contributed by atoms with Crippen LogP contribution < -0.4 is 11.5 Å². The van der Waals surface area contributed by atoms with E-state index < -0.39 is 0 Å². The van der Waals surface area contributed by atoms with E-state index in [2.05, 4.69) is 19.0 Å². The molecule has 0 aliphatic heterocycles. The van der Waals surface area contributed by atoms with E-state index in [-0.39, 0.29) is 7.43 Å². The molecule has 0 aromatic heterocycles. The lowest BCUT2D eigenvalue weighted by molar-refractivity contribution is 0.403. The van der Waals surface area contributed by atoms with E-state index in [0.717, 1.165) is 26.1 Å². The predicted molar refractivity (Wildman–Crippen MR) is 53.7 cm³/mol. The summed E-state index contributed by atoms with van der Waals surface area (Å²) in [5.41, 5.74) is 10.1. The molecule has 72 valence electrons. The molecular weight excluding hydrogens is 138 g/mol. The first kappa shape index (κ1) is 17.1. The Kier molecular flexibility index (Phi) is 25.6. The maximum Gasteiger partial charge on any atom is -0.00128 e. The molecule has 0 radical (unpaired) electrons. The Bertz CT molecular complexity index is 46.6. The molecule has 0 heterocycles. The van der Waals surface area contributed by atoms with E-state index in [1.807, 2.05) is 6.92 Å². The van der Waals surface area contributed by atoms with Gasteiger partial charge in [0.25, 0.3) is 0 Å². The summed E-state index contributed by atoms with van der Waals surface area (Å²) in [4.78, 5) is 2.13. The van der Waals surface area contributed by atoms with Gasteiger partial charge in [0.1, 0.15) is 0 Å². The Hall–Kier alpha value is -0.120. The summed E-state index contributed by atoms with van der Waals surface area (Å²) in [7, 11) is 4.10. The van der Waals surface area contributed by atoms with Crippen molar-refractivity contribution in [2.45, 2.75) is 20.8 Å². The first-order valence-electron chi connectivity index (χ1n) is 3.73. The van der Waals surface area contributed by atoms with E-state index in [1.165, 1.54) is 0 Å². The summed E-state index contributed by atoms with van der Waals surface area (Å²) in [5, 5.41) is 0. The van der Waals surface area contributed by atoms with Crippen LogP contribution in [0.1, 0.15) is 20.8 Å². The van der Waals surface area contributed by atoms with Crippen LogP contribution in [0.5, 0.6) is 0 Å². The molecule has 0 aliphatic carbocycles. The van der Waals surface area contributed by atoms with Crippen molar-refractivity contribution in [3.05, 3.63) is 0 Å². The fraction of sp³-hybridized carbons (Fsp3) is 1.00. The van der Waals surface area contributed by atoms with Gasteiger partial charge in [0.05, 0.1) is 0 Å². The highest BCUT2D eigenvalue weighted by Gasteiger charge is 1.83. The SMILES string of the molecule is C.CCN.CN(C)CCCN. The molecule has 0 aromatic carbocycles. The summed E-state index contributed by atoms with van der Waals surface area (Å²) in [5.74, 6) is 0. The number of hydrogen-bond acceptors (Lipinski definition) is 3. The van der Waals surface area contributed by atoms with Crippen LogP contribution in [0.3, 0.4) is 0 Å². The highest BCUT2D eigenvalue weighted by atomic mass is 15.0. The third kappa shape index (κ3) is 40.8. The maximum absolute atomic E-state index is 5.25. The molecule has 0 bridgehead atoms. The lowest BCUT2D eigenvalue weighted by Crippen LogP contribution is -2.16. The average molecular weight is 163 g/mol. The smallest absolute Gasteiger partial charge is 0.00128 e. The van der Waals surface area contributed by atoms with Crippen molar-refractivity contribution in [1.29, 1.82) is 0 Å². The quantitative estimate of drug-likeness (QED) is 0.637. The van der Waals surface area contributed by atoms with Gasteiger partial charge in [-0.2, -0.15) is 0 Å². The van der Waals surface area contributed by atoms with Crippen molar-refractivity contribution >= 4 is 0 Å². The molecule has 4 N–H and O–H groups in total. The topological polar surface area (TPSA) is 55.3 Å². The van der Waals surface area contributed by atoms with Crippen LogP contribution in [0.4, 0.5) is 0 Å². The van der Waals surface area contributed by atoms with Crippen LogP contribution >= 0.6 is 0 Å². The molecule has 0 fully saturated rings. The van der Waals surface area contributed by atoms with E-state index >= 15 is 0 Å². The number of hydrogen-bond donors (Lipinski definition) is 2. The van der Waals surface area contributed by atoms with Crippen LogP contribution in [0.2, 0.25) is 0 Å². The number of rotatable bonds is 3. The van der Waals surface area contributed by atoms with Crippen molar-refractivity contribution in [2.75, 3.05) is 33.7 Å². The first-order chi connectivity index (χ1) is 4.68. The largest absolute Gasteiger partial charge is 0.331 e. The Balaban J connectivity index is -0.000000140. The standard InChI is InChI=1S/C5H14N2.C2H7N.CH4/c1-7(2)5-3-4-6;1-2-3;/h3-6H2,1-2H3;2-3H2,1H3;1H4. The third-order valence-electron chi connectivity index (χ3n) is 0.809. The van der Waals surface area contributed by atoms with Crippen molar-refractivity contribution in [1.82, 2.24) is 4.90 Å². The van der Waals surface area contributed by atoms with Gasteiger partial charge in [-0.3, -0.25) is 0 Å². The summed E-state index contributed by atoms with van der Waals surface area (Å²) in [6.45, 7) is 4.56. The van der Waals surface area contributed by atoms with E-state index in [4.69, 9.17) is 11.5 Å². The summed E-state index contributed by atoms with van der Waals surface area (Å²) >= 11 is 0.